The van der Waals surface area contributed by atoms with Crippen molar-refractivity contribution in [2.75, 3.05) is 13.7 Å². The molecular weight excluding hydrogens is 354 g/mol. The second kappa shape index (κ2) is 7.76. The molecule has 0 fully saturated rings. The highest BCUT2D eigenvalue weighted by Gasteiger charge is 2.28. The predicted octanol–water partition coefficient (Wildman–Crippen LogP) is 3.44. The number of fused-ring (bicyclic) bond motifs is 1. The molecule has 0 saturated heterocycles. The van der Waals surface area contributed by atoms with Gasteiger partial charge in [0, 0.05) is 24.6 Å². The number of carbonyl (C=O) groups is 1. The zero-order valence-corrected chi connectivity index (χ0v) is 16.0. The molecular formula is C22H23N3O3. The lowest BCUT2D eigenvalue weighted by atomic mass is 10.1. The number of nitrogens with one attached hydrogen (secondary N) is 1. The van der Waals surface area contributed by atoms with Crippen molar-refractivity contribution in [3.05, 3.63) is 66.0 Å². The van der Waals surface area contributed by atoms with Crippen molar-refractivity contribution in [2.45, 2.75) is 26.0 Å². The van der Waals surface area contributed by atoms with Gasteiger partial charge >= 0.3 is 0 Å². The molecule has 3 aromatic rings. The van der Waals surface area contributed by atoms with Crippen LogP contribution < -0.4 is 9.47 Å². The maximum absolute atomic E-state index is 12.9. The lowest BCUT2D eigenvalue weighted by Gasteiger charge is -2.28. The first kappa shape index (κ1) is 18.1. The van der Waals surface area contributed by atoms with Gasteiger partial charge in [-0.15, -0.1) is 0 Å². The number of benzene rings is 2. The highest BCUT2D eigenvalue weighted by Crippen LogP contribution is 2.24. The fourth-order valence-corrected chi connectivity index (χ4v) is 3.40. The average Bonchev–Trinajstić information content (AvgIpc) is 3.17. The molecule has 1 atom stereocenters. The van der Waals surface area contributed by atoms with E-state index >= 15 is 0 Å². The molecule has 1 N–H and O–H groups in total. The van der Waals surface area contributed by atoms with Crippen LogP contribution in [0.1, 0.15) is 18.3 Å². The molecule has 6 nitrogen and oxygen atoms in total. The van der Waals surface area contributed by atoms with Gasteiger partial charge in [0.1, 0.15) is 17.3 Å². The van der Waals surface area contributed by atoms with E-state index in [9.17, 15) is 4.79 Å². The van der Waals surface area contributed by atoms with Crippen molar-refractivity contribution in [1.82, 2.24) is 14.9 Å². The number of aromatic amines is 1. The quantitative estimate of drug-likeness (QED) is 0.740. The fraction of sp³-hybridized carbons (Fsp3) is 0.273. The minimum absolute atomic E-state index is 0.0377. The Labute approximate surface area is 164 Å². The largest absolute Gasteiger partial charge is 0.497 e. The van der Waals surface area contributed by atoms with E-state index in [1.165, 1.54) is 0 Å². The van der Waals surface area contributed by atoms with Gasteiger partial charge in [0.15, 0.2) is 6.10 Å². The molecule has 0 spiro atoms. The standard InChI is InChI=1S/C22H23N3O3/c1-15(28-18-10-6-9-17(13-18)27-2)22(26)25-12-11-19-20(14-25)24-21(23-19)16-7-4-3-5-8-16/h3-10,13,15H,11-12,14H2,1-2H3,(H,23,24)/t15-/m0/s1. The average molecular weight is 377 g/mol. The van der Waals surface area contributed by atoms with Gasteiger partial charge < -0.3 is 19.4 Å². The summed E-state index contributed by atoms with van der Waals surface area (Å²) < 4.78 is 11.0. The smallest absolute Gasteiger partial charge is 0.263 e. The molecule has 0 unspecified atom stereocenters. The van der Waals surface area contributed by atoms with Crippen LogP contribution in [-0.4, -0.2) is 40.5 Å². The SMILES string of the molecule is COc1cccc(O[C@@H](C)C(=O)N2CCc3nc(-c4ccccc4)[nH]c3C2)c1. The Morgan fingerprint density at radius 2 is 1.93 bits per heavy atom. The number of ether oxygens (including phenoxy) is 2. The number of carbonyl (C=O) groups excluding carboxylic acids is 1. The highest BCUT2D eigenvalue weighted by atomic mass is 16.5. The molecule has 6 heteroatoms. The summed E-state index contributed by atoms with van der Waals surface area (Å²) in [5.74, 6) is 2.13. The van der Waals surface area contributed by atoms with E-state index in [1.54, 1.807) is 20.1 Å². The number of aromatic nitrogens is 2. The van der Waals surface area contributed by atoms with Gasteiger partial charge in [-0.2, -0.15) is 0 Å². The van der Waals surface area contributed by atoms with E-state index in [2.05, 4.69) is 4.98 Å². The molecule has 1 aliphatic heterocycles. The van der Waals surface area contributed by atoms with Gasteiger partial charge in [-0.25, -0.2) is 4.98 Å². The van der Waals surface area contributed by atoms with Crippen LogP contribution in [0.2, 0.25) is 0 Å². The van der Waals surface area contributed by atoms with E-state index in [0.717, 1.165) is 29.2 Å². The summed E-state index contributed by atoms with van der Waals surface area (Å²) in [5, 5.41) is 0. The summed E-state index contributed by atoms with van der Waals surface area (Å²) in [7, 11) is 1.60. The number of amides is 1. The molecule has 2 aromatic carbocycles. The van der Waals surface area contributed by atoms with E-state index in [1.807, 2.05) is 53.4 Å². The monoisotopic (exact) mass is 377 g/mol. The van der Waals surface area contributed by atoms with Crippen molar-refractivity contribution in [1.29, 1.82) is 0 Å². The van der Waals surface area contributed by atoms with Gasteiger partial charge in [0.05, 0.1) is 25.0 Å². The Hall–Kier alpha value is -3.28. The van der Waals surface area contributed by atoms with Gasteiger partial charge in [0.25, 0.3) is 5.91 Å². The maximum Gasteiger partial charge on any atom is 0.263 e. The minimum Gasteiger partial charge on any atom is -0.497 e. The van der Waals surface area contributed by atoms with Crippen LogP contribution in [0.15, 0.2) is 54.6 Å². The Morgan fingerprint density at radius 1 is 1.14 bits per heavy atom. The van der Waals surface area contributed by atoms with Crippen molar-refractivity contribution in [2.24, 2.45) is 0 Å². The molecule has 1 aromatic heterocycles. The van der Waals surface area contributed by atoms with Crippen molar-refractivity contribution in [3.63, 3.8) is 0 Å². The molecule has 28 heavy (non-hydrogen) atoms. The lowest BCUT2D eigenvalue weighted by Crippen LogP contribution is -2.43. The molecule has 144 valence electrons. The van der Waals surface area contributed by atoms with Crippen LogP contribution in [0.5, 0.6) is 11.5 Å². The summed E-state index contributed by atoms with van der Waals surface area (Å²) in [5.41, 5.74) is 3.07. The van der Waals surface area contributed by atoms with Gasteiger partial charge in [0.2, 0.25) is 0 Å². The third-order valence-electron chi connectivity index (χ3n) is 4.89. The second-order valence-electron chi connectivity index (χ2n) is 6.83. The number of nitrogens with zero attached hydrogens (tertiary/aromatic N) is 2. The molecule has 0 aliphatic carbocycles. The summed E-state index contributed by atoms with van der Waals surface area (Å²) >= 11 is 0. The zero-order chi connectivity index (χ0) is 19.5. The Morgan fingerprint density at radius 3 is 2.71 bits per heavy atom. The number of imidazole rings is 1. The summed E-state index contributed by atoms with van der Waals surface area (Å²) in [6, 6.07) is 17.3. The summed E-state index contributed by atoms with van der Waals surface area (Å²) in [4.78, 5) is 22.8. The van der Waals surface area contributed by atoms with Gasteiger partial charge in [-0.1, -0.05) is 36.4 Å². The summed E-state index contributed by atoms with van der Waals surface area (Å²) in [6.45, 7) is 2.93. The van der Waals surface area contributed by atoms with Crippen molar-refractivity contribution >= 4 is 5.91 Å². The Balaban J connectivity index is 1.44. The molecule has 0 saturated carbocycles. The molecule has 1 aliphatic rings. The van der Waals surface area contributed by atoms with Crippen LogP contribution in [-0.2, 0) is 17.8 Å². The van der Waals surface area contributed by atoms with Crippen LogP contribution in [0.25, 0.3) is 11.4 Å². The number of H-pyrrole nitrogens is 1. The summed E-state index contributed by atoms with van der Waals surface area (Å²) in [6.07, 6.45) is 0.154. The van der Waals surface area contributed by atoms with Gasteiger partial charge in [-0.05, 0) is 19.1 Å². The molecule has 0 bridgehead atoms. The number of methoxy groups -OCH3 is 1. The zero-order valence-electron chi connectivity index (χ0n) is 16.0. The van der Waals surface area contributed by atoms with E-state index in [-0.39, 0.29) is 5.91 Å². The number of hydrogen-bond acceptors (Lipinski definition) is 4. The van der Waals surface area contributed by atoms with Gasteiger partial charge in [-0.3, -0.25) is 4.79 Å². The van der Waals surface area contributed by atoms with Crippen LogP contribution >= 0.6 is 0 Å². The highest BCUT2D eigenvalue weighted by molar-refractivity contribution is 5.81. The number of hydrogen-bond donors (Lipinski definition) is 1. The second-order valence-corrected chi connectivity index (χ2v) is 6.83. The molecule has 2 heterocycles. The number of rotatable bonds is 5. The first-order valence-electron chi connectivity index (χ1n) is 9.36. The Bertz CT molecular complexity index is 968. The predicted molar refractivity (Wildman–Crippen MR) is 106 cm³/mol. The van der Waals surface area contributed by atoms with E-state index < -0.39 is 6.10 Å². The normalized spacial score (nSPS) is 14.3. The molecule has 1 amide bonds. The minimum atomic E-state index is -0.579. The van der Waals surface area contributed by atoms with Crippen molar-refractivity contribution in [3.8, 4) is 22.9 Å². The first-order chi connectivity index (χ1) is 13.6. The first-order valence-corrected chi connectivity index (χ1v) is 9.36. The Kier molecular flexibility index (Phi) is 5.02. The molecule has 4 rings (SSSR count). The van der Waals surface area contributed by atoms with E-state index in [0.29, 0.717) is 24.6 Å². The van der Waals surface area contributed by atoms with Crippen LogP contribution in [0.4, 0.5) is 0 Å². The maximum atomic E-state index is 12.9. The van der Waals surface area contributed by atoms with Crippen LogP contribution in [0.3, 0.4) is 0 Å². The van der Waals surface area contributed by atoms with E-state index in [4.69, 9.17) is 14.5 Å². The lowest BCUT2D eigenvalue weighted by molar-refractivity contribution is -0.139. The third-order valence-corrected chi connectivity index (χ3v) is 4.89. The topological polar surface area (TPSA) is 67.5 Å². The third kappa shape index (κ3) is 3.71. The van der Waals surface area contributed by atoms with Crippen molar-refractivity contribution < 1.29 is 14.3 Å². The fourth-order valence-electron chi connectivity index (χ4n) is 3.40. The van der Waals surface area contributed by atoms with Crippen LogP contribution in [0, 0.1) is 0 Å². The molecule has 0 radical (unpaired) electrons.